The standard InChI is InChI=1S/C11H14BrNO/c1-14-10-5-8(4-9(12)6-10)11(13)7-2-3-7/h4-7,11H,2-3,13H2,1H3/t11-/m1/s1. The normalized spacial score (nSPS) is 17.9. The number of benzene rings is 1. The van der Waals surface area contributed by atoms with E-state index >= 15 is 0 Å². The summed E-state index contributed by atoms with van der Waals surface area (Å²) in [5, 5.41) is 0. The Morgan fingerprint density at radius 3 is 2.71 bits per heavy atom. The summed E-state index contributed by atoms with van der Waals surface area (Å²) in [6.07, 6.45) is 2.52. The number of methoxy groups -OCH3 is 1. The highest BCUT2D eigenvalue weighted by atomic mass is 79.9. The van der Waals surface area contributed by atoms with Gasteiger partial charge in [0.05, 0.1) is 7.11 Å². The molecule has 0 radical (unpaired) electrons. The van der Waals surface area contributed by atoms with Crippen molar-refractivity contribution >= 4 is 15.9 Å². The lowest BCUT2D eigenvalue weighted by molar-refractivity contribution is 0.413. The SMILES string of the molecule is COc1cc(Br)cc([C@H](N)C2CC2)c1. The van der Waals surface area contributed by atoms with Crippen molar-refractivity contribution in [1.82, 2.24) is 0 Å². The molecule has 1 aromatic rings. The number of hydrogen-bond donors (Lipinski definition) is 1. The molecule has 1 aliphatic rings. The van der Waals surface area contributed by atoms with Gasteiger partial charge in [-0.05, 0) is 42.5 Å². The summed E-state index contributed by atoms with van der Waals surface area (Å²) in [6, 6.07) is 6.21. The lowest BCUT2D eigenvalue weighted by atomic mass is 10.0. The highest BCUT2D eigenvalue weighted by molar-refractivity contribution is 9.10. The molecule has 1 atom stereocenters. The average Bonchev–Trinajstić information content (AvgIpc) is 2.99. The maximum Gasteiger partial charge on any atom is 0.120 e. The van der Waals surface area contributed by atoms with Crippen LogP contribution in [-0.4, -0.2) is 7.11 Å². The van der Waals surface area contributed by atoms with E-state index in [9.17, 15) is 0 Å². The summed E-state index contributed by atoms with van der Waals surface area (Å²) in [5.74, 6) is 1.54. The predicted octanol–water partition coefficient (Wildman–Crippen LogP) is 2.87. The van der Waals surface area contributed by atoms with E-state index in [1.54, 1.807) is 7.11 Å². The minimum atomic E-state index is 0.168. The van der Waals surface area contributed by atoms with Crippen molar-refractivity contribution in [3.63, 3.8) is 0 Å². The van der Waals surface area contributed by atoms with E-state index in [1.807, 2.05) is 12.1 Å². The first-order valence-corrected chi connectivity index (χ1v) is 5.60. The lowest BCUT2D eigenvalue weighted by Crippen LogP contribution is -2.12. The minimum Gasteiger partial charge on any atom is -0.497 e. The predicted molar refractivity (Wildman–Crippen MR) is 60.3 cm³/mol. The van der Waals surface area contributed by atoms with Crippen LogP contribution in [0.2, 0.25) is 0 Å². The van der Waals surface area contributed by atoms with Gasteiger partial charge in [-0.3, -0.25) is 0 Å². The molecule has 0 aliphatic heterocycles. The summed E-state index contributed by atoms with van der Waals surface area (Å²) in [4.78, 5) is 0. The molecule has 0 saturated heterocycles. The monoisotopic (exact) mass is 255 g/mol. The largest absolute Gasteiger partial charge is 0.497 e. The summed E-state index contributed by atoms with van der Waals surface area (Å²) >= 11 is 3.46. The topological polar surface area (TPSA) is 35.2 Å². The third kappa shape index (κ3) is 2.10. The molecule has 3 heteroatoms. The molecule has 14 heavy (non-hydrogen) atoms. The molecule has 0 amide bonds. The van der Waals surface area contributed by atoms with Gasteiger partial charge in [0.1, 0.15) is 5.75 Å². The van der Waals surface area contributed by atoms with E-state index in [0.717, 1.165) is 10.2 Å². The smallest absolute Gasteiger partial charge is 0.120 e. The number of rotatable bonds is 3. The van der Waals surface area contributed by atoms with Gasteiger partial charge in [-0.1, -0.05) is 15.9 Å². The fourth-order valence-electron chi connectivity index (χ4n) is 1.62. The first-order chi connectivity index (χ1) is 6.70. The van der Waals surface area contributed by atoms with Crippen LogP contribution in [-0.2, 0) is 0 Å². The van der Waals surface area contributed by atoms with Gasteiger partial charge in [0, 0.05) is 10.5 Å². The maximum absolute atomic E-state index is 6.12. The van der Waals surface area contributed by atoms with Crippen LogP contribution >= 0.6 is 15.9 Å². The van der Waals surface area contributed by atoms with Crippen LogP contribution in [0.15, 0.2) is 22.7 Å². The molecule has 2 rings (SSSR count). The Kier molecular flexibility index (Phi) is 2.79. The molecule has 0 aromatic heterocycles. The molecule has 1 fully saturated rings. The van der Waals surface area contributed by atoms with Crippen LogP contribution in [0.3, 0.4) is 0 Å². The van der Waals surface area contributed by atoms with Crippen molar-refractivity contribution in [2.75, 3.05) is 7.11 Å². The molecule has 0 unspecified atom stereocenters. The molecule has 76 valence electrons. The van der Waals surface area contributed by atoms with Gasteiger partial charge in [-0.25, -0.2) is 0 Å². The van der Waals surface area contributed by atoms with Gasteiger partial charge in [0.25, 0.3) is 0 Å². The number of nitrogens with two attached hydrogens (primary N) is 1. The zero-order valence-corrected chi connectivity index (χ0v) is 9.75. The molecular weight excluding hydrogens is 242 g/mol. The second-order valence-corrected chi connectivity index (χ2v) is 4.70. The Morgan fingerprint density at radius 1 is 1.43 bits per heavy atom. The minimum absolute atomic E-state index is 0.168. The van der Waals surface area contributed by atoms with Crippen molar-refractivity contribution < 1.29 is 4.74 Å². The number of ether oxygens (including phenoxy) is 1. The van der Waals surface area contributed by atoms with E-state index in [-0.39, 0.29) is 6.04 Å². The van der Waals surface area contributed by atoms with Crippen molar-refractivity contribution in [1.29, 1.82) is 0 Å². The molecule has 1 aromatic carbocycles. The van der Waals surface area contributed by atoms with Crippen LogP contribution < -0.4 is 10.5 Å². The van der Waals surface area contributed by atoms with E-state index in [4.69, 9.17) is 10.5 Å². The first-order valence-electron chi connectivity index (χ1n) is 4.81. The van der Waals surface area contributed by atoms with E-state index < -0.39 is 0 Å². The highest BCUT2D eigenvalue weighted by Crippen LogP contribution is 2.40. The van der Waals surface area contributed by atoms with Crippen LogP contribution in [0.25, 0.3) is 0 Å². The Morgan fingerprint density at radius 2 is 2.14 bits per heavy atom. The summed E-state index contributed by atoms with van der Waals surface area (Å²) in [7, 11) is 1.67. The van der Waals surface area contributed by atoms with Gasteiger partial charge >= 0.3 is 0 Å². The molecule has 1 aliphatic carbocycles. The molecule has 2 nitrogen and oxygen atoms in total. The number of halogens is 1. The zero-order valence-electron chi connectivity index (χ0n) is 8.16. The molecule has 0 bridgehead atoms. The third-order valence-corrected chi connectivity index (χ3v) is 3.10. The lowest BCUT2D eigenvalue weighted by Gasteiger charge is -2.12. The van der Waals surface area contributed by atoms with Crippen LogP contribution in [0.1, 0.15) is 24.4 Å². The Labute approximate surface area is 92.6 Å². The Balaban J connectivity index is 2.27. The van der Waals surface area contributed by atoms with Gasteiger partial charge in [-0.15, -0.1) is 0 Å². The second kappa shape index (κ2) is 3.91. The van der Waals surface area contributed by atoms with E-state index in [2.05, 4.69) is 22.0 Å². The molecule has 1 saturated carbocycles. The van der Waals surface area contributed by atoms with Gasteiger partial charge in [-0.2, -0.15) is 0 Å². The fraction of sp³-hybridized carbons (Fsp3) is 0.455. The van der Waals surface area contributed by atoms with Crippen molar-refractivity contribution in [2.24, 2.45) is 11.7 Å². The number of hydrogen-bond acceptors (Lipinski definition) is 2. The van der Waals surface area contributed by atoms with Gasteiger partial charge < -0.3 is 10.5 Å². The summed E-state index contributed by atoms with van der Waals surface area (Å²) in [6.45, 7) is 0. The molecule has 2 N–H and O–H groups in total. The van der Waals surface area contributed by atoms with Crippen molar-refractivity contribution in [2.45, 2.75) is 18.9 Å². The summed E-state index contributed by atoms with van der Waals surface area (Å²) < 4.78 is 6.23. The molecular formula is C11H14BrNO. The van der Waals surface area contributed by atoms with Crippen LogP contribution in [0.5, 0.6) is 5.75 Å². The Bertz CT molecular complexity index is 336. The van der Waals surface area contributed by atoms with Crippen LogP contribution in [0.4, 0.5) is 0 Å². The Hall–Kier alpha value is -0.540. The van der Waals surface area contributed by atoms with Gasteiger partial charge in [0.2, 0.25) is 0 Å². The van der Waals surface area contributed by atoms with E-state index in [1.165, 1.54) is 18.4 Å². The maximum atomic E-state index is 6.12. The fourth-order valence-corrected chi connectivity index (χ4v) is 2.11. The summed E-state index contributed by atoms with van der Waals surface area (Å²) in [5.41, 5.74) is 7.28. The zero-order chi connectivity index (χ0) is 10.1. The highest BCUT2D eigenvalue weighted by Gasteiger charge is 2.29. The van der Waals surface area contributed by atoms with Crippen molar-refractivity contribution in [3.05, 3.63) is 28.2 Å². The van der Waals surface area contributed by atoms with Crippen LogP contribution in [0, 0.1) is 5.92 Å². The van der Waals surface area contributed by atoms with E-state index in [0.29, 0.717) is 5.92 Å². The molecule has 0 spiro atoms. The first kappa shape index (κ1) is 9.99. The second-order valence-electron chi connectivity index (χ2n) is 3.79. The van der Waals surface area contributed by atoms with Crippen molar-refractivity contribution in [3.8, 4) is 5.75 Å². The average molecular weight is 256 g/mol. The quantitative estimate of drug-likeness (QED) is 0.902. The third-order valence-electron chi connectivity index (χ3n) is 2.64. The van der Waals surface area contributed by atoms with Gasteiger partial charge in [0.15, 0.2) is 0 Å². The molecule has 0 heterocycles.